The topological polar surface area (TPSA) is 70.9 Å². The SMILES string of the molecule is COc1cc(CN2CC[C@H]3OCc4cnnn4[C@@H]3C2)cc(OC)c1OC. The molecule has 0 radical (unpaired) electrons. The summed E-state index contributed by atoms with van der Waals surface area (Å²) in [5.41, 5.74) is 2.16. The van der Waals surface area contributed by atoms with Gasteiger partial charge in [0.05, 0.1) is 52.0 Å². The molecule has 0 bridgehead atoms. The van der Waals surface area contributed by atoms with E-state index in [1.54, 1.807) is 27.5 Å². The number of fused-ring (bicyclic) bond motifs is 3. The first kappa shape index (κ1) is 17.1. The van der Waals surface area contributed by atoms with Crippen molar-refractivity contribution < 1.29 is 18.9 Å². The van der Waals surface area contributed by atoms with Crippen molar-refractivity contribution in [2.24, 2.45) is 0 Å². The van der Waals surface area contributed by atoms with Crippen molar-refractivity contribution in [1.82, 2.24) is 19.9 Å². The highest BCUT2D eigenvalue weighted by atomic mass is 16.5. The second-order valence-corrected chi connectivity index (χ2v) is 6.64. The lowest BCUT2D eigenvalue weighted by molar-refractivity contribution is -0.0669. The number of nitrogens with zero attached hydrogens (tertiary/aromatic N) is 4. The van der Waals surface area contributed by atoms with Crippen LogP contribution in [0.15, 0.2) is 18.3 Å². The van der Waals surface area contributed by atoms with Crippen molar-refractivity contribution in [1.29, 1.82) is 0 Å². The molecule has 8 heteroatoms. The number of piperidine rings is 1. The Kier molecular flexibility index (Phi) is 4.69. The van der Waals surface area contributed by atoms with Crippen LogP contribution in [0.4, 0.5) is 0 Å². The summed E-state index contributed by atoms with van der Waals surface area (Å²) in [6.07, 6.45) is 2.98. The lowest BCUT2D eigenvalue weighted by Crippen LogP contribution is -2.47. The number of methoxy groups -OCH3 is 3. The van der Waals surface area contributed by atoms with Gasteiger partial charge in [-0.15, -0.1) is 5.10 Å². The van der Waals surface area contributed by atoms with Gasteiger partial charge in [0, 0.05) is 19.6 Å². The first-order chi connectivity index (χ1) is 12.7. The molecule has 8 nitrogen and oxygen atoms in total. The van der Waals surface area contributed by atoms with E-state index in [0.29, 0.717) is 23.9 Å². The predicted octanol–water partition coefficient (Wildman–Crippen LogP) is 1.65. The molecule has 1 fully saturated rings. The van der Waals surface area contributed by atoms with E-state index in [-0.39, 0.29) is 12.1 Å². The second-order valence-electron chi connectivity index (χ2n) is 6.64. The Morgan fingerprint density at radius 2 is 1.92 bits per heavy atom. The van der Waals surface area contributed by atoms with Crippen molar-refractivity contribution in [2.75, 3.05) is 34.4 Å². The first-order valence-electron chi connectivity index (χ1n) is 8.75. The Morgan fingerprint density at radius 3 is 2.62 bits per heavy atom. The molecule has 140 valence electrons. The van der Waals surface area contributed by atoms with Crippen LogP contribution in [0.1, 0.15) is 23.7 Å². The molecule has 1 saturated heterocycles. The normalized spacial score (nSPS) is 22.4. The van der Waals surface area contributed by atoms with Crippen LogP contribution < -0.4 is 14.2 Å². The van der Waals surface area contributed by atoms with E-state index in [1.807, 2.05) is 16.8 Å². The maximum atomic E-state index is 5.98. The van der Waals surface area contributed by atoms with Gasteiger partial charge in [-0.2, -0.15) is 0 Å². The number of ether oxygens (including phenoxy) is 4. The number of benzene rings is 1. The Balaban J connectivity index is 1.54. The van der Waals surface area contributed by atoms with Gasteiger partial charge in [-0.1, -0.05) is 5.21 Å². The van der Waals surface area contributed by atoms with Gasteiger partial charge in [0.15, 0.2) is 11.5 Å². The quantitative estimate of drug-likeness (QED) is 0.803. The van der Waals surface area contributed by atoms with Crippen LogP contribution in [0, 0.1) is 0 Å². The highest BCUT2D eigenvalue weighted by molar-refractivity contribution is 5.53. The van der Waals surface area contributed by atoms with E-state index >= 15 is 0 Å². The number of hydrogen-bond donors (Lipinski definition) is 0. The molecule has 1 aromatic carbocycles. The Hall–Kier alpha value is -2.32. The van der Waals surface area contributed by atoms with E-state index in [4.69, 9.17) is 18.9 Å². The molecule has 0 spiro atoms. The molecule has 4 rings (SSSR count). The van der Waals surface area contributed by atoms with Crippen molar-refractivity contribution in [3.05, 3.63) is 29.6 Å². The zero-order valence-corrected chi connectivity index (χ0v) is 15.3. The molecule has 2 aliphatic rings. The summed E-state index contributed by atoms with van der Waals surface area (Å²) < 4.78 is 24.3. The minimum Gasteiger partial charge on any atom is -0.493 e. The second kappa shape index (κ2) is 7.13. The van der Waals surface area contributed by atoms with E-state index in [2.05, 4.69) is 15.2 Å². The van der Waals surface area contributed by atoms with Crippen molar-refractivity contribution in [3.8, 4) is 17.2 Å². The average Bonchev–Trinajstić information content (AvgIpc) is 3.16. The van der Waals surface area contributed by atoms with Gasteiger partial charge >= 0.3 is 0 Å². The first-order valence-corrected chi connectivity index (χ1v) is 8.75. The molecule has 2 aromatic rings. The van der Waals surface area contributed by atoms with Crippen LogP contribution in [0.25, 0.3) is 0 Å². The standard InChI is InChI=1S/C18H24N4O4/c1-23-16-6-12(7-17(24-2)18(16)25-3)9-21-5-4-15-14(10-21)22-13(11-26-15)8-19-20-22/h6-8,14-15H,4-5,9-11H2,1-3H3/t14-,15-/m1/s1. The monoisotopic (exact) mass is 360 g/mol. The van der Waals surface area contributed by atoms with E-state index in [9.17, 15) is 0 Å². The average molecular weight is 360 g/mol. The lowest BCUT2D eigenvalue weighted by atomic mass is 9.99. The molecular weight excluding hydrogens is 336 g/mol. The van der Waals surface area contributed by atoms with Crippen molar-refractivity contribution in [2.45, 2.75) is 31.7 Å². The largest absolute Gasteiger partial charge is 0.493 e. The van der Waals surface area contributed by atoms with Gasteiger partial charge in [-0.25, -0.2) is 4.68 Å². The molecule has 0 amide bonds. The smallest absolute Gasteiger partial charge is 0.203 e. The third-order valence-electron chi connectivity index (χ3n) is 5.14. The fourth-order valence-corrected chi connectivity index (χ4v) is 3.87. The minimum absolute atomic E-state index is 0.206. The fourth-order valence-electron chi connectivity index (χ4n) is 3.87. The molecular formula is C18H24N4O4. The third-order valence-corrected chi connectivity index (χ3v) is 5.14. The van der Waals surface area contributed by atoms with Crippen molar-refractivity contribution in [3.63, 3.8) is 0 Å². The molecule has 0 aliphatic carbocycles. The maximum absolute atomic E-state index is 5.98. The zero-order valence-electron chi connectivity index (χ0n) is 15.3. The molecule has 0 unspecified atom stereocenters. The summed E-state index contributed by atoms with van der Waals surface area (Å²) in [5, 5.41) is 8.30. The molecule has 2 aliphatic heterocycles. The van der Waals surface area contributed by atoms with Gasteiger partial charge < -0.3 is 18.9 Å². The molecule has 2 atom stereocenters. The van der Waals surface area contributed by atoms with E-state index < -0.39 is 0 Å². The van der Waals surface area contributed by atoms with Crippen molar-refractivity contribution >= 4 is 0 Å². The maximum Gasteiger partial charge on any atom is 0.203 e. The summed E-state index contributed by atoms with van der Waals surface area (Å²) in [6.45, 7) is 3.24. The molecule has 3 heterocycles. The summed E-state index contributed by atoms with van der Waals surface area (Å²) in [7, 11) is 4.89. The molecule has 1 aromatic heterocycles. The van der Waals surface area contributed by atoms with E-state index in [1.165, 1.54) is 0 Å². The Morgan fingerprint density at radius 1 is 1.15 bits per heavy atom. The zero-order chi connectivity index (χ0) is 18.1. The fraction of sp³-hybridized carbons (Fsp3) is 0.556. The van der Waals surface area contributed by atoms with Crippen LogP contribution >= 0.6 is 0 Å². The van der Waals surface area contributed by atoms with Crippen LogP contribution in [0.2, 0.25) is 0 Å². The summed E-state index contributed by atoms with van der Waals surface area (Å²) in [4.78, 5) is 2.40. The van der Waals surface area contributed by atoms with E-state index in [0.717, 1.165) is 37.3 Å². The summed E-state index contributed by atoms with van der Waals surface area (Å²) >= 11 is 0. The van der Waals surface area contributed by atoms with Crippen LogP contribution in [0.3, 0.4) is 0 Å². The number of aromatic nitrogens is 3. The highest BCUT2D eigenvalue weighted by Gasteiger charge is 2.36. The predicted molar refractivity (Wildman–Crippen MR) is 93.6 cm³/mol. The molecule has 0 saturated carbocycles. The minimum atomic E-state index is 0.206. The Bertz CT molecular complexity index is 753. The van der Waals surface area contributed by atoms with Gasteiger partial charge in [0.25, 0.3) is 0 Å². The number of likely N-dealkylation sites (tertiary alicyclic amines) is 1. The van der Waals surface area contributed by atoms with Crippen LogP contribution in [-0.4, -0.2) is 60.4 Å². The Labute approximate surface area is 152 Å². The van der Waals surface area contributed by atoms with Crippen LogP contribution in [-0.2, 0) is 17.9 Å². The van der Waals surface area contributed by atoms with Gasteiger partial charge in [-0.3, -0.25) is 4.90 Å². The summed E-state index contributed by atoms with van der Waals surface area (Å²) in [6, 6.07) is 4.22. The van der Waals surface area contributed by atoms with Gasteiger partial charge in [-0.05, 0) is 24.1 Å². The lowest BCUT2D eigenvalue weighted by Gasteiger charge is -2.41. The molecule has 0 N–H and O–H groups in total. The highest BCUT2D eigenvalue weighted by Crippen LogP contribution is 2.39. The number of rotatable bonds is 5. The third kappa shape index (κ3) is 2.99. The summed E-state index contributed by atoms with van der Waals surface area (Å²) in [5.74, 6) is 1.97. The van der Waals surface area contributed by atoms with Crippen LogP contribution in [0.5, 0.6) is 17.2 Å². The number of hydrogen-bond acceptors (Lipinski definition) is 7. The van der Waals surface area contributed by atoms with Gasteiger partial charge in [0.2, 0.25) is 5.75 Å². The van der Waals surface area contributed by atoms with Gasteiger partial charge in [0.1, 0.15) is 0 Å². The molecule has 26 heavy (non-hydrogen) atoms.